The number of fused-ring (bicyclic) bond motifs is 2. The van der Waals surface area contributed by atoms with Crippen molar-refractivity contribution in [1.82, 2.24) is 23.8 Å². The second kappa shape index (κ2) is 6.78. The van der Waals surface area contributed by atoms with Crippen molar-refractivity contribution in [3.05, 3.63) is 66.4 Å². The third kappa shape index (κ3) is 2.85. The summed E-state index contributed by atoms with van der Waals surface area (Å²) in [5.41, 5.74) is 4.53. The van der Waals surface area contributed by atoms with Gasteiger partial charge in [0.05, 0.1) is 23.1 Å². The van der Waals surface area contributed by atoms with E-state index in [2.05, 4.69) is 26.7 Å². The Morgan fingerprint density at radius 2 is 1.89 bits per heavy atom. The fourth-order valence-electron chi connectivity index (χ4n) is 4.27. The Kier molecular flexibility index (Phi) is 4.11. The number of amides is 1. The van der Waals surface area contributed by atoms with Gasteiger partial charge in [-0.1, -0.05) is 18.2 Å². The molecule has 0 bridgehead atoms. The molecule has 5 rings (SSSR count). The number of benzene rings is 1. The van der Waals surface area contributed by atoms with E-state index in [0.717, 1.165) is 49.3 Å². The Morgan fingerprint density at radius 1 is 1.11 bits per heavy atom. The quantitative estimate of drug-likeness (QED) is 0.552. The largest absolute Gasteiger partial charge is 0.337 e. The highest BCUT2D eigenvalue weighted by molar-refractivity contribution is 5.94. The van der Waals surface area contributed by atoms with Crippen LogP contribution in [0.5, 0.6) is 0 Å². The van der Waals surface area contributed by atoms with E-state index in [1.807, 2.05) is 59.1 Å². The van der Waals surface area contributed by atoms with Crippen molar-refractivity contribution in [1.29, 1.82) is 0 Å². The van der Waals surface area contributed by atoms with Crippen LogP contribution in [0.3, 0.4) is 0 Å². The van der Waals surface area contributed by atoms with E-state index in [0.29, 0.717) is 11.6 Å². The van der Waals surface area contributed by atoms with E-state index in [1.54, 1.807) is 0 Å². The Bertz CT molecular complexity index is 1150. The average molecular weight is 373 g/mol. The number of carbonyl (C=O) groups is 1. The fraction of sp³-hybridized carbons (Fsp3) is 0.318. The molecule has 0 atom stereocenters. The van der Waals surface area contributed by atoms with E-state index >= 15 is 0 Å². The van der Waals surface area contributed by atoms with E-state index in [1.165, 1.54) is 5.52 Å². The predicted octanol–water partition coefficient (Wildman–Crippen LogP) is 3.54. The minimum Gasteiger partial charge on any atom is -0.337 e. The summed E-state index contributed by atoms with van der Waals surface area (Å²) in [5.74, 6) is 0.646. The molecule has 1 aliphatic rings. The molecule has 1 amide bonds. The monoisotopic (exact) mass is 373 g/mol. The maximum Gasteiger partial charge on any atom is 0.272 e. The number of carbonyl (C=O) groups excluding carboxylic acids is 1. The lowest BCUT2D eigenvalue weighted by Gasteiger charge is -2.32. The number of pyridine rings is 1. The first-order valence-corrected chi connectivity index (χ1v) is 9.83. The molecule has 3 aromatic heterocycles. The van der Waals surface area contributed by atoms with E-state index in [9.17, 15) is 4.79 Å². The second-order valence-corrected chi connectivity index (χ2v) is 7.60. The predicted molar refractivity (Wildman–Crippen MR) is 108 cm³/mol. The Labute approximate surface area is 163 Å². The molecule has 0 saturated carbocycles. The molecule has 1 fully saturated rings. The lowest BCUT2D eigenvalue weighted by Crippen LogP contribution is -2.40. The van der Waals surface area contributed by atoms with Gasteiger partial charge in [0.15, 0.2) is 0 Å². The number of piperidine rings is 1. The number of hydrogen-bond donors (Lipinski definition) is 0. The molecule has 0 aliphatic carbocycles. The molecule has 6 nitrogen and oxygen atoms in total. The standard InChI is InChI=1S/C22H23N5O/c1-16-21(27-11-5-4-8-20(27)24-16)22(28)25-12-9-17(10-13-25)14-26-15-23-18-6-2-3-7-19(18)26/h2-8,11,15,17H,9-10,12-14H2,1H3. The van der Waals surface area contributed by atoms with Crippen LogP contribution in [-0.4, -0.2) is 42.8 Å². The number of hydrogen-bond acceptors (Lipinski definition) is 3. The highest BCUT2D eigenvalue weighted by Gasteiger charge is 2.27. The highest BCUT2D eigenvalue weighted by Crippen LogP contribution is 2.24. The molecular weight excluding hydrogens is 350 g/mol. The summed E-state index contributed by atoms with van der Waals surface area (Å²) in [7, 11) is 0. The lowest BCUT2D eigenvalue weighted by molar-refractivity contribution is 0.0675. The minimum atomic E-state index is 0.0859. The normalized spacial score (nSPS) is 15.5. The number of imidazole rings is 2. The molecule has 142 valence electrons. The van der Waals surface area contributed by atoms with Crippen molar-refractivity contribution in [2.45, 2.75) is 26.3 Å². The van der Waals surface area contributed by atoms with Crippen molar-refractivity contribution in [2.24, 2.45) is 5.92 Å². The van der Waals surface area contributed by atoms with Crippen LogP contribution in [0.4, 0.5) is 0 Å². The van der Waals surface area contributed by atoms with Gasteiger partial charge in [-0.3, -0.25) is 9.20 Å². The Morgan fingerprint density at radius 3 is 2.75 bits per heavy atom. The molecule has 1 saturated heterocycles. The summed E-state index contributed by atoms with van der Waals surface area (Å²) < 4.78 is 4.15. The first kappa shape index (κ1) is 17.0. The zero-order chi connectivity index (χ0) is 19.1. The number of aryl methyl sites for hydroxylation is 1. The SMILES string of the molecule is Cc1nc2ccccn2c1C(=O)N1CCC(Cn2cnc3ccccc32)CC1. The van der Waals surface area contributed by atoms with E-state index in [4.69, 9.17) is 0 Å². The van der Waals surface area contributed by atoms with Gasteiger partial charge in [-0.15, -0.1) is 0 Å². The first-order chi connectivity index (χ1) is 13.7. The van der Waals surface area contributed by atoms with Crippen LogP contribution in [-0.2, 0) is 6.54 Å². The molecule has 6 heteroatoms. The summed E-state index contributed by atoms with van der Waals surface area (Å²) in [5, 5.41) is 0. The van der Waals surface area contributed by atoms with Crippen LogP contribution >= 0.6 is 0 Å². The van der Waals surface area contributed by atoms with Crippen molar-refractivity contribution >= 4 is 22.6 Å². The van der Waals surface area contributed by atoms with E-state index < -0.39 is 0 Å². The van der Waals surface area contributed by atoms with Crippen LogP contribution in [0.15, 0.2) is 55.0 Å². The van der Waals surface area contributed by atoms with Gasteiger partial charge in [-0.25, -0.2) is 9.97 Å². The summed E-state index contributed by atoms with van der Waals surface area (Å²) in [4.78, 5) is 24.1. The van der Waals surface area contributed by atoms with Gasteiger partial charge in [0.2, 0.25) is 0 Å². The second-order valence-electron chi connectivity index (χ2n) is 7.60. The van der Waals surface area contributed by atoms with Gasteiger partial charge >= 0.3 is 0 Å². The third-order valence-corrected chi connectivity index (χ3v) is 5.79. The van der Waals surface area contributed by atoms with Crippen LogP contribution in [0, 0.1) is 12.8 Å². The molecule has 0 N–H and O–H groups in total. The van der Waals surface area contributed by atoms with Gasteiger partial charge in [-0.05, 0) is 49.9 Å². The number of likely N-dealkylation sites (tertiary alicyclic amines) is 1. The van der Waals surface area contributed by atoms with Gasteiger partial charge in [0.25, 0.3) is 5.91 Å². The van der Waals surface area contributed by atoms with Crippen molar-refractivity contribution in [3.63, 3.8) is 0 Å². The maximum absolute atomic E-state index is 13.1. The molecular formula is C22H23N5O. The molecule has 4 heterocycles. The summed E-state index contributed by atoms with van der Waals surface area (Å²) in [6, 6.07) is 14.1. The number of rotatable bonds is 3. The summed E-state index contributed by atoms with van der Waals surface area (Å²) >= 11 is 0. The van der Waals surface area contributed by atoms with E-state index in [-0.39, 0.29) is 5.91 Å². The molecule has 1 aliphatic heterocycles. The zero-order valence-electron chi connectivity index (χ0n) is 16.0. The van der Waals surface area contributed by atoms with Gasteiger partial charge in [0, 0.05) is 25.8 Å². The van der Waals surface area contributed by atoms with Gasteiger partial charge < -0.3 is 9.47 Å². The van der Waals surface area contributed by atoms with Crippen LogP contribution in [0.2, 0.25) is 0 Å². The molecule has 4 aromatic rings. The van der Waals surface area contributed by atoms with Crippen molar-refractivity contribution in [2.75, 3.05) is 13.1 Å². The topological polar surface area (TPSA) is 55.4 Å². The Hall–Kier alpha value is -3.15. The van der Waals surface area contributed by atoms with Gasteiger partial charge in [0.1, 0.15) is 11.3 Å². The number of aromatic nitrogens is 4. The number of para-hydroxylation sites is 2. The summed E-state index contributed by atoms with van der Waals surface area (Å²) in [6.45, 7) is 4.44. The smallest absolute Gasteiger partial charge is 0.272 e. The molecule has 0 unspecified atom stereocenters. The maximum atomic E-state index is 13.1. The first-order valence-electron chi connectivity index (χ1n) is 9.83. The molecule has 1 aromatic carbocycles. The Balaban J connectivity index is 1.29. The molecule has 0 radical (unpaired) electrons. The zero-order valence-corrected chi connectivity index (χ0v) is 16.0. The fourth-order valence-corrected chi connectivity index (χ4v) is 4.27. The number of nitrogens with zero attached hydrogens (tertiary/aromatic N) is 5. The third-order valence-electron chi connectivity index (χ3n) is 5.79. The minimum absolute atomic E-state index is 0.0859. The lowest BCUT2D eigenvalue weighted by atomic mass is 9.96. The average Bonchev–Trinajstić information content (AvgIpc) is 3.28. The summed E-state index contributed by atoms with van der Waals surface area (Å²) in [6.07, 6.45) is 5.87. The van der Waals surface area contributed by atoms with Crippen LogP contribution < -0.4 is 0 Å². The van der Waals surface area contributed by atoms with Crippen molar-refractivity contribution < 1.29 is 4.79 Å². The van der Waals surface area contributed by atoms with Crippen LogP contribution in [0.25, 0.3) is 16.7 Å². The highest BCUT2D eigenvalue weighted by atomic mass is 16.2. The van der Waals surface area contributed by atoms with Crippen LogP contribution in [0.1, 0.15) is 29.0 Å². The van der Waals surface area contributed by atoms with Crippen molar-refractivity contribution in [3.8, 4) is 0 Å². The molecule has 0 spiro atoms. The molecule has 28 heavy (non-hydrogen) atoms. The van der Waals surface area contributed by atoms with Gasteiger partial charge in [-0.2, -0.15) is 0 Å².